The van der Waals surface area contributed by atoms with E-state index in [1.54, 1.807) is 0 Å². The number of carboxylic acids is 1. The molecule has 0 aliphatic carbocycles. The molecule has 0 amide bonds. The summed E-state index contributed by atoms with van der Waals surface area (Å²) in [7, 11) is 0. The summed E-state index contributed by atoms with van der Waals surface area (Å²) in [5, 5.41) is 18.1. The Labute approximate surface area is 96.5 Å². The Morgan fingerprint density at radius 3 is 2.35 bits per heavy atom. The highest BCUT2D eigenvalue weighted by atomic mass is 19.3. The van der Waals surface area contributed by atoms with Crippen LogP contribution in [0.1, 0.15) is 22.8 Å². The summed E-state index contributed by atoms with van der Waals surface area (Å²) in [6.07, 6.45) is -1.67. The van der Waals surface area contributed by atoms with Gasteiger partial charge in [-0.3, -0.25) is 0 Å². The molecule has 0 heterocycles. The van der Waals surface area contributed by atoms with Crippen molar-refractivity contribution in [2.75, 3.05) is 0 Å². The van der Waals surface area contributed by atoms with E-state index < -0.39 is 18.7 Å². The van der Waals surface area contributed by atoms with E-state index in [1.807, 2.05) is 0 Å². The van der Waals surface area contributed by atoms with Crippen LogP contribution >= 0.6 is 0 Å². The lowest BCUT2D eigenvalue weighted by atomic mass is 10.00. The minimum atomic E-state index is -2.94. The maximum Gasteiger partial charge on any atom is 0.387 e. The monoisotopic (exact) mass is 246 g/mol. The quantitative estimate of drug-likeness (QED) is 0.852. The van der Waals surface area contributed by atoms with Gasteiger partial charge in [0, 0.05) is 0 Å². The first kappa shape index (κ1) is 13.4. The summed E-state index contributed by atoms with van der Waals surface area (Å²) >= 11 is 0. The summed E-state index contributed by atoms with van der Waals surface area (Å²) in [5.41, 5.74) is 0.879. The van der Waals surface area contributed by atoms with E-state index in [-0.39, 0.29) is 11.3 Å². The number of aliphatic hydroxyl groups is 1. The molecule has 1 aromatic carbocycles. The van der Waals surface area contributed by atoms with Crippen molar-refractivity contribution in [1.82, 2.24) is 0 Å². The average molecular weight is 246 g/mol. The fourth-order valence-electron chi connectivity index (χ4n) is 1.46. The molecule has 0 spiro atoms. The SMILES string of the molecule is Cc1cc(C(O)C(=O)O)c(C)cc1OC(F)F. The molecule has 17 heavy (non-hydrogen) atoms. The summed E-state index contributed by atoms with van der Waals surface area (Å²) in [6.45, 7) is 0.0671. The van der Waals surface area contributed by atoms with Gasteiger partial charge in [0.05, 0.1) is 0 Å². The van der Waals surface area contributed by atoms with Gasteiger partial charge >= 0.3 is 12.6 Å². The van der Waals surface area contributed by atoms with Crippen LogP contribution in [-0.2, 0) is 4.79 Å². The predicted octanol–water partition coefficient (Wildman–Crippen LogP) is 2.02. The number of aliphatic hydroxyl groups excluding tert-OH is 1. The minimum absolute atomic E-state index is 0.0289. The van der Waals surface area contributed by atoms with E-state index in [0.29, 0.717) is 11.1 Å². The Morgan fingerprint density at radius 1 is 1.29 bits per heavy atom. The molecule has 0 fully saturated rings. The lowest BCUT2D eigenvalue weighted by molar-refractivity contribution is -0.147. The van der Waals surface area contributed by atoms with Gasteiger partial charge in [0.25, 0.3) is 0 Å². The molecule has 0 saturated carbocycles. The molecule has 4 nitrogen and oxygen atoms in total. The van der Waals surface area contributed by atoms with Gasteiger partial charge in [-0.15, -0.1) is 0 Å². The average Bonchev–Trinajstić information content (AvgIpc) is 2.21. The first-order chi connectivity index (χ1) is 7.82. The zero-order valence-corrected chi connectivity index (χ0v) is 9.28. The highest BCUT2D eigenvalue weighted by molar-refractivity contribution is 5.74. The van der Waals surface area contributed by atoms with Gasteiger partial charge in [-0.2, -0.15) is 8.78 Å². The van der Waals surface area contributed by atoms with Crippen LogP contribution in [-0.4, -0.2) is 22.8 Å². The molecule has 0 bridgehead atoms. The molecule has 1 unspecified atom stereocenters. The fourth-order valence-corrected chi connectivity index (χ4v) is 1.46. The standard InChI is InChI=1S/C11H12F2O4/c1-5-4-8(17-11(12)13)6(2)3-7(5)9(14)10(15)16/h3-4,9,11,14H,1-2H3,(H,15,16). The number of hydrogen-bond donors (Lipinski definition) is 2. The highest BCUT2D eigenvalue weighted by Crippen LogP contribution is 2.28. The van der Waals surface area contributed by atoms with Crippen LogP contribution in [0.4, 0.5) is 8.78 Å². The molecule has 1 aromatic rings. The van der Waals surface area contributed by atoms with Gasteiger partial charge in [-0.25, -0.2) is 4.79 Å². The maximum atomic E-state index is 12.1. The molecule has 1 rings (SSSR count). The van der Waals surface area contributed by atoms with Crippen molar-refractivity contribution in [1.29, 1.82) is 0 Å². The zero-order valence-electron chi connectivity index (χ0n) is 9.28. The third-order valence-electron chi connectivity index (χ3n) is 2.31. The molecule has 1 atom stereocenters. The molecule has 0 aliphatic heterocycles. The van der Waals surface area contributed by atoms with E-state index in [1.165, 1.54) is 26.0 Å². The number of halogens is 2. The zero-order chi connectivity index (χ0) is 13.2. The fraction of sp³-hybridized carbons (Fsp3) is 0.364. The third kappa shape index (κ3) is 3.13. The molecule has 2 N–H and O–H groups in total. The number of carbonyl (C=O) groups is 1. The molecular formula is C11H12F2O4. The van der Waals surface area contributed by atoms with Gasteiger partial charge in [-0.1, -0.05) is 0 Å². The molecule has 0 radical (unpaired) electrons. The second kappa shape index (κ2) is 5.09. The minimum Gasteiger partial charge on any atom is -0.479 e. The number of ether oxygens (including phenoxy) is 1. The normalized spacial score (nSPS) is 12.6. The number of aryl methyl sites for hydroxylation is 2. The van der Waals surface area contributed by atoms with Crippen LogP contribution in [0, 0.1) is 13.8 Å². The van der Waals surface area contributed by atoms with Crippen LogP contribution in [0.5, 0.6) is 5.75 Å². The number of alkyl halides is 2. The Hall–Kier alpha value is -1.69. The Bertz CT molecular complexity index is 432. The van der Waals surface area contributed by atoms with Crippen molar-refractivity contribution in [3.05, 3.63) is 28.8 Å². The van der Waals surface area contributed by atoms with Gasteiger partial charge in [0.2, 0.25) is 0 Å². The van der Waals surface area contributed by atoms with Crippen LogP contribution in [0.25, 0.3) is 0 Å². The first-order valence-corrected chi connectivity index (χ1v) is 4.79. The van der Waals surface area contributed by atoms with Crippen molar-refractivity contribution in [2.45, 2.75) is 26.6 Å². The summed E-state index contributed by atoms with van der Waals surface area (Å²) in [4.78, 5) is 10.6. The summed E-state index contributed by atoms with van der Waals surface area (Å²) < 4.78 is 28.4. The maximum absolute atomic E-state index is 12.1. The van der Waals surface area contributed by atoms with Gasteiger partial charge in [-0.05, 0) is 42.7 Å². The van der Waals surface area contributed by atoms with E-state index in [0.717, 1.165) is 0 Å². The Kier molecular flexibility index (Phi) is 4.01. The second-order valence-corrected chi connectivity index (χ2v) is 3.59. The van der Waals surface area contributed by atoms with E-state index >= 15 is 0 Å². The highest BCUT2D eigenvalue weighted by Gasteiger charge is 2.20. The third-order valence-corrected chi connectivity index (χ3v) is 2.31. The molecule has 0 aliphatic rings. The number of aliphatic carboxylic acids is 1. The van der Waals surface area contributed by atoms with Gasteiger partial charge in [0.15, 0.2) is 6.10 Å². The number of rotatable bonds is 4. The Morgan fingerprint density at radius 2 is 1.88 bits per heavy atom. The number of benzene rings is 1. The van der Waals surface area contributed by atoms with E-state index in [4.69, 9.17) is 5.11 Å². The largest absolute Gasteiger partial charge is 0.479 e. The van der Waals surface area contributed by atoms with Crippen molar-refractivity contribution < 1.29 is 28.5 Å². The van der Waals surface area contributed by atoms with Crippen molar-refractivity contribution in [3.8, 4) is 5.75 Å². The Balaban J connectivity index is 3.13. The molecule has 94 valence electrons. The van der Waals surface area contributed by atoms with Crippen LogP contribution in [0.3, 0.4) is 0 Å². The van der Waals surface area contributed by atoms with Crippen LogP contribution < -0.4 is 4.74 Å². The first-order valence-electron chi connectivity index (χ1n) is 4.79. The molecular weight excluding hydrogens is 234 g/mol. The number of hydrogen-bond acceptors (Lipinski definition) is 3. The van der Waals surface area contributed by atoms with Gasteiger partial charge < -0.3 is 14.9 Å². The lowest BCUT2D eigenvalue weighted by Gasteiger charge is -2.14. The topological polar surface area (TPSA) is 66.8 Å². The molecule has 0 aromatic heterocycles. The lowest BCUT2D eigenvalue weighted by Crippen LogP contribution is -2.13. The van der Waals surface area contributed by atoms with Crippen molar-refractivity contribution >= 4 is 5.97 Å². The summed E-state index contributed by atoms with van der Waals surface area (Å²) in [5.74, 6) is -1.42. The predicted molar refractivity (Wildman–Crippen MR) is 55.1 cm³/mol. The summed E-state index contributed by atoms with van der Waals surface area (Å²) in [6, 6.07) is 2.61. The van der Waals surface area contributed by atoms with Crippen LogP contribution in [0.2, 0.25) is 0 Å². The smallest absolute Gasteiger partial charge is 0.387 e. The van der Waals surface area contributed by atoms with Crippen molar-refractivity contribution in [3.63, 3.8) is 0 Å². The van der Waals surface area contributed by atoms with E-state index in [2.05, 4.69) is 4.74 Å². The van der Waals surface area contributed by atoms with Crippen LogP contribution in [0.15, 0.2) is 12.1 Å². The second-order valence-electron chi connectivity index (χ2n) is 3.59. The molecule has 0 saturated heterocycles. The number of carboxylic acid groups (broad SMARTS) is 1. The van der Waals surface area contributed by atoms with E-state index in [9.17, 15) is 18.7 Å². The molecule has 6 heteroatoms. The van der Waals surface area contributed by atoms with Crippen molar-refractivity contribution in [2.24, 2.45) is 0 Å². The van der Waals surface area contributed by atoms with Gasteiger partial charge in [0.1, 0.15) is 5.75 Å².